The summed E-state index contributed by atoms with van der Waals surface area (Å²) >= 11 is 1.62. The summed E-state index contributed by atoms with van der Waals surface area (Å²) in [7, 11) is 0. The first kappa shape index (κ1) is 11.8. The standard InChI is InChI=1S/C14H15FN2S/c1-8-9(2)18-13(17-8)14(16)7-6-10-11(14)4-3-5-12(10)15/h3-5H,6-7,16H2,1-2H3. The lowest BCUT2D eigenvalue weighted by Crippen LogP contribution is -2.35. The van der Waals surface area contributed by atoms with Gasteiger partial charge in [-0.1, -0.05) is 12.1 Å². The SMILES string of the molecule is Cc1nc(C2(N)CCc3c(F)cccc32)sc1C. The minimum atomic E-state index is -0.610. The summed E-state index contributed by atoms with van der Waals surface area (Å²) in [6.07, 6.45) is 1.42. The average molecular weight is 262 g/mol. The van der Waals surface area contributed by atoms with Gasteiger partial charge in [0.15, 0.2) is 0 Å². The van der Waals surface area contributed by atoms with Gasteiger partial charge in [-0.05, 0) is 43.9 Å². The molecular weight excluding hydrogens is 247 g/mol. The Balaban J connectivity index is 2.17. The number of fused-ring (bicyclic) bond motifs is 1. The topological polar surface area (TPSA) is 38.9 Å². The van der Waals surface area contributed by atoms with Crippen LogP contribution in [0.5, 0.6) is 0 Å². The van der Waals surface area contributed by atoms with Crippen molar-refractivity contribution in [3.63, 3.8) is 0 Å². The van der Waals surface area contributed by atoms with Crippen molar-refractivity contribution in [1.29, 1.82) is 0 Å². The van der Waals surface area contributed by atoms with E-state index in [2.05, 4.69) is 4.98 Å². The van der Waals surface area contributed by atoms with E-state index in [4.69, 9.17) is 5.73 Å². The Morgan fingerprint density at radius 2 is 2.17 bits per heavy atom. The second-order valence-corrected chi connectivity index (χ2v) is 6.10. The van der Waals surface area contributed by atoms with Crippen LogP contribution in [0.2, 0.25) is 0 Å². The number of halogens is 1. The number of hydrogen-bond acceptors (Lipinski definition) is 3. The smallest absolute Gasteiger partial charge is 0.126 e. The summed E-state index contributed by atoms with van der Waals surface area (Å²) < 4.78 is 13.8. The molecule has 3 rings (SSSR count). The summed E-state index contributed by atoms with van der Waals surface area (Å²) in [5, 5.41) is 0.904. The third-order valence-corrected chi connectivity index (χ3v) is 5.03. The predicted octanol–water partition coefficient (Wildman–Crippen LogP) is 3.05. The van der Waals surface area contributed by atoms with Gasteiger partial charge in [0, 0.05) is 4.88 Å². The molecule has 1 aliphatic carbocycles. The normalized spacial score (nSPS) is 22.2. The fourth-order valence-electron chi connectivity index (χ4n) is 2.57. The molecule has 94 valence electrons. The van der Waals surface area contributed by atoms with Gasteiger partial charge in [0.1, 0.15) is 10.8 Å². The lowest BCUT2D eigenvalue weighted by atomic mass is 9.94. The molecule has 1 heterocycles. The zero-order valence-corrected chi connectivity index (χ0v) is 11.3. The Morgan fingerprint density at radius 3 is 2.83 bits per heavy atom. The van der Waals surface area contributed by atoms with Crippen molar-refractivity contribution >= 4 is 11.3 Å². The molecule has 2 nitrogen and oxygen atoms in total. The molecule has 0 bridgehead atoms. The van der Waals surface area contributed by atoms with E-state index in [1.807, 2.05) is 19.9 Å². The van der Waals surface area contributed by atoms with Crippen LogP contribution >= 0.6 is 11.3 Å². The van der Waals surface area contributed by atoms with E-state index < -0.39 is 5.54 Å². The average Bonchev–Trinajstić information content (AvgIpc) is 2.85. The molecule has 1 aliphatic rings. The van der Waals surface area contributed by atoms with E-state index >= 15 is 0 Å². The fourth-order valence-corrected chi connectivity index (χ4v) is 3.63. The second kappa shape index (κ2) is 3.87. The maximum atomic E-state index is 13.8. The van der Waals surface area contributed by atoms with Gasteiger partial charge in [0.05, 0.1) is 11.2 Å². The van der Waals surface area contributed by atoms with Crippen LogP contribution in [0.1, 0.15) is 33.1 Å². The Labute approximate surface area is 110 Å². The Kier molecular flexibility index (Phi) is 2.54. The van der Waals surface area contributed by atoms with Crippen LogP contribution in [0.3, 0.4) is 0 Å². The van der Waals surface area contributed by atoms with Crippen LogP contribution in [0.15, 0.2) is 18.2 Å². The van der Waals surface area contributed by atoms with Crippen molar-refractivity contribution in [1.82, 2.24) is 4.98 Å². The molecule has 0 fully saturated rings. The number of hydrogen-bond donors (Lipinski definition) is 1. The fraction of sp³-hybridized carbons (Fsp3) is 0.357. The van der Waals surface area contributed by atoms with E-state index in [0.717, 1.165) is 28.2 Å². The summed E-state index contributed by atoms with van der Waals surface area (Å²) in [4.78, 5) is 5.74. The molecule has 4 heteroatoms. The van der Waals surface area contributed by atoms with E-state index in [9.17, 15) is 4.39 Å². The number of nitrogens with two attached hydrogens (primary N) is 1. The van der Waals surface area contributed by atoms with E-state index in [1.54, 1.807) is 17.4 Å². The van der Waals surface area contributed by atoms with Gasteiger partial charge in [0.2, 0.25) is 0 Å². The van der Waals surface area contributed by atoms with Crippen LogP contribution in [0, 0.1) is 19.7 Å². The number of rotatable bonds is 1. The minimum absolute atomic E-state index is 0.148. The van der Waals surface area contributed by atoms with E-state index in [-0.39, 0.29) is 5.82 Å². The molecule has 2 aromatic rings. The maximum absolute atomic E-state index is 13.8. The molecule has 1 aromatic heterocycles. The first-order valence-corrected chi connectivity index (χ1v) is 6.85. The van der Waals surface area contributed by atoms with Crippen LogP contribution in [0.25, 0.3) is 0 Å². The lowest BCUT2D eigenvalue weighted by molar-refractivity contribution is 0.530. The van der Waals surface area contributed by atoms with Crippen molar-refractivity contribution in [2.45, 2.75) is 32.2 Å². The van der Waals surface area contributed by atoms with Gasteiger partial charge in [-0.15, -0.1) is 11.3 Å². The monoisotopic (exact) mass is 262 g/mol. The highest BCUT2D eigenvalue weighted by Crippen LogP contribution is 2.42. The molecule has 0 spiro atoms. The molecule has 18 heavy (non-hydrogen) atoms. The van der Waals surface area contributed by atoms with Gasteiger partial charge >= 0.3 is 0 Å². The van der Waals surface area contributed by atoms with Gasteiger partial charge in [-0.3, -0.25) is 0 Å². The number of aromatic nitrogens is 1. The van der Waals surface area contributed by atoms with Gasteiger partial charge < -0.3 is 5.73 Å². The van der Waals surface area contributed by atoms with Crippen LogP contribution in [-0.2, 0) is 12.0 Å². The summed E-state index contributed by atoms with van der Waals surface area (Å²) in [5.74, 6) is -0.148. The zero-order chi connectivity index (χ0) is 12.9. The number of nitrogens with zero attached hydrogens (tertiary/aromatic N) is 1. The number of thiazole rings is 1. The molecule has 1 atom stereocenters. The van der Waals surface area contributed by atoms with Crippen LogP contribution in [-0.4, -0.2) is 4.98 Å². The maximum Gasteiger partial charge on any atom is 0.126 e. The quantitative estimate of drug-likeness (QED) is 0.858. The van der Waals surface area contributed by atoms with E-state index in [0.29, 0.717) is 6.42 Å². The largest absolute Gasteiger partial charge is 0.316 e. The van der Waals surface area contributed by atoms with Crippen molar-refractivity contribution in [2.24, 2.45) is 5.73 Å². The van der Waals surface area contributed by atoms with Gasteiger partial charge in [0.25, 0.3) is 0 Å². The predicted molar refractivity (Wildman–Crippen MR) is 71.3 cm³/mol. The minimum Gasteiger partial charge on any atom is -0.316 e. The van der Waals surface area contributed by atoms with Crippen LogP contribution < -0.4 is 5.73 Å². The molecule has 0 saturated carbocycles. The van der Waals surface area contributed by atoms with Crippen molar-refractivity contribution in [3.05, 3.63) is 50.7 Å². The van der Waals surface area contributed by atoms with Crippen molar-refractivity contribution in [3.8, 4) is 0 Å². The Bertz CT molecular complexity index is 601. The Morgan fingerprint density at radius 1 is 1.39 bits per heavy atom. The molecule has 0 radical (unpaired) electrons. The molecule has 0 saturated heterocycles. The summed E-state index contributed by atoms with van der Waals surface area (Å²) in [6, 6.07) is 5.16. The molecule has 1 unspecified atom stereocenters. The third kappa shape index (κ3) is 1.52. The first-order chi connectivity index (χ1) is 8.52. The van der Waals surface area contributed by atoms with Crippen molar-refractivity contribution < 1.29 is 4.39 Å². The highest BCUT2D eigenvalue weighted by Gasteiger charge is 2.40. The Hall–Kier alpha value is -1.26. The second-order valence-electron chi connectivity index (χ2n) is 4.90. The number of aryl methyl sites for hydroxylation is 2. The molecule has 0 aliphatic heterocycles. The zero-order valence-electron chi connectivity index (χ0n) is 10.5. The van der Waals surface area contributed by atoms with Crippen molar-refractivity contribution in [2.75, 3.05) is 0 Å². The summed E-state index contributed by atoms with van der Waals surface area (Å²) in [5.41, 5.74) is 8.59. The number of benzene rings is 1. The van der Waals surface area contributed by atoms with Crippen LogP contribution in [0.4, 0.5) is 4.39 Å². The highest BCUT2D eigenvalue weighted by molar-refractivity contribution is 7.11. The first-order valence-electron chi connectivity index (χ1n) is 6.03. The third-order valence-electron chi connectivity index (χ3n) is 3.78. The molecule has 2 N–H and O–H groups in total. The van der Waals surface area contributed by atoms with E-state index in [1.165, 1.54) is 10.9 Å². The highest BCUT2D eigenvalue weighted by atomic mass is 32.1. The lowest BCUT2D eigenvalue weighted by Gasteiger charge is -2.22. The van der Waals surface area contributed by atoms with Gasteiger partial charge in [-0.25, -0.2) is 9.37 Å². The summed E-state index contributed by atoms with van der Waals surface area (Å²) in [6.45, 7) is 4.03. The molecule has 1 aromatic carbocycles. The van der Waals surface area contributed by atoms with Gasteiger partial charge in [-0.2, -0.15) is 0 Å². The molecular formula is C14H15FN2S. The molecule has 0 amide bonds.